The highest BCUT2D eigenvalue weighted by Gasteiger charge is 2.42. The lowest BCUT2D eigenvalue weighted by Crippen LogP contribution is -2.12. The summed E-state index contributed by atoms with van der Waals surface area (Å²) in [4.78, 5) is 0. The Morgan fingerprint density at radius 1 is 0.625 bits per heavy atom. The summed E-state index contributed by atoms with van der Waals surface area (Å²) in [5.74, 6) is -2.29. The Hall–Kier alpha value is -2.38. The van der Waals surface area contributed by atoms with Gasteiger partial charge in [-0.2, -0.15) is 26.3 Å². The largest absolute Gasteiger partial charge is 0.507 e. The van der Waals surface area contributed by atoms with Crippen LogP contribution < -0.4 is 0 Å². The van der Waals surface area contributed by atoms with E-state index in [4.69, 9.17) is 0 Å². The van der Waals surface area contributed by atoms with Crippen LogP contribution in [0.1, 0.15) is 22.3 Å². The molecule has 2 nitrogen and oxygen atoms in total. The normalized spacial score (nSPS) is 12.5. The van der Waals surface area contributed by atoms with Crippen molar-refractivity contribution >= 4 is 0 Å². The van der Waals surface area contributed by atoms with Crippen LogP contribution in [0.15, 0.2) is 24.3 Å². The van der Waals surface area contributed by atoms with E-state index in [1.165, 1.54) is 13.8 Å². The van der Waals surface area contributed by atoms with E-state index >= 15 is 0 Å². The maximum atomic E-state index is 13.3. The number of alkyl halides is 6. The Morgan fingerprint density at radius 2 is 0.917 bits per heavy atom. The van der Waals surface area contributed by atoms with Gasteiger partial charge in [0.15, 0.2) is 0 Å². The average molecular weight is 350 g/mol. The first-order valence-corrected chi connectivity index (χ1v) is 6.65. The Kier molecular flexibility index (Phi) is 4.20. The molecular formula is C16H12F6O2. The molecule has 0 fully saturated rings. The van der Waals surface area contributed by atoms with Crippen molar-refractivity contribution < 1.29 is 36.6 Å². The number of aryl methyl sites for hydroxylation is 2. The number of hydrogen-bond donors (Lipinski definition) is 2. The molecule has 0 heterocycles. The third kappa shape index (κ3) is 3.00. The number of halogens is 6. The van der Waals surface area contributed by atoms with E-state index < -0.39 is 46.1 Å². The molecular weight excluding hydrogens is 338 g/mol. The molecule has 0 aliphatic carbocycles. The van der Waals surface area contributed by atoms with Gasteiger partial charge in [0.05, 0.1) is 0 Å². The smallest absolute Gasteiger partial charge is 0.420 e. The minimum Gasteiger partial charge on any atom is -0.507 e. The van der Waals surface area contributed by atoms with Crippen LogP contribution in [-0.2, 0) is 12.4 Å². The molecule has 0 spiro atoms. The molecule has 0 aliphatic rings. The van der Waals surface area contributed by atoms with Gasteiger partial charge in [-0.15, -0.1) is 0 Å². The number of benzene rings is 2. The topological polar surface area (TPSA) is 40.5 Å². The van der Waals surface area contributed by atoms with E-state index in [2.05, 4.69) is 0 Å². The maximum absolute atomic E-state index is 13.3. The minimum atomic E-state index is -5.07. The predicted molar refractivity (Wildman–Crippen MR) is 74.7 cm³/mol. The molecule has 130 valence electrons. The van der Waals surface area contributed by atoms with Gasteiger partial charge in [-0.25, -0.2) is 0 Å². The Morgan fingerprint density at radius 3 is 1.17 bits per heavy atom. The minimum absolute atomic E-state index is 0.129. The highest BCUT2D eigenvalue weighted by Crippen LogP contribution is 2.49. The van der Waals surface area contributed by atoms with Gasteiger partial charge in [0.1, 0.15) is 22.6 Å². The lowest BCUT2D eigenvalue weighted by Gasteiger charge is -2.20. The quantitative estimate of drug-likeness (QED) is 0.674. The second kappa shape index (κ2) is 5.61. The van der Waals surface area contributed by atoms with Crippen LogP contribution in [0.4, 0.5) is 26.3 Å². The number of aromatic hydroxyl groups is 2. The van der Waals surface area contributed by atoms with Crippen LogP contribution in [-0.4, -0.2) is 10.2 Å². The summed E-state index contributed by atoms with van der Waals surface area (Å²) in [5.41, 5.74) is -5.11. The van der Waals surface area contributed by atoms with Crippen molar-refractivity contribution in [2.24, 2.45) is 0 Å². The van der Waals surface area contributed by atoms with Crippen molar-refractivity contribution in [2.45, 2.75) is 26.2 Å². The molecule has 8 heteroatoms. The fourth-order valence-corrected chi connectivity index (χ4v) is 2.41. The molecule has 24 heavy (non-hydrogen) atoms. The molecule has 0 amide bonds. The summed E-state index contributed by atoms with van der Waals surface area (Å²) in [6, 6.07) is 3.85. The van der Waals surface area contributed by atoms with Gasteiger partial charge in [0, 0.05) is 0 Å². The molecule has 2 aromatic rings. The summed E-state index contributed by atoms with van der Waals surface area (Å²) in [6.07, 6.45) is -10.1. The van der Waals surface area contributed by atoms with E-state index in [0.717, 1.165) is 24.3 Å². The third-order valence-electron chi connectivity index (χ3n) is 3.62. The van der Waals surface area contributed by atoms with Gasteiger partial charge in [-0.05, 0) is 36.1 Å². The summed E-state index contributed by atoms with van der Waals surface area (Å²) < 4.78 is 79.7. The lowest BCUT2D eigenvalue weighted by atomic mass is 9.91. The molecule has 0 atom stereocenters. The van der Waals surface area contributed by atoms with Crippen LogP contribution in [0.5, 0.6) is 11.5 Å². The molecule has 0 unspecified atom stereocenters. The summed E-state index contributed by atoms with van der Waals surface area (Å²) >= 11 is 0. The highest BCUT2D eigenvalue weighted by atomic mass is 19.4. The number of hydrogen-bond acceptors (Lipinski definition) is 2. The lowest BCUT2D eigenvalue weighted by molar-refractivity contribution is -0.140. The Labute approximate surface area is 133 Å². The van der Waals surface area contributed by atoms with Gasteiger partial charge < -0.3 is 10.2 Å². The molecule has 2 rings (SSSR count). The van der Waals surface area contributed by atoms with Crippen LogP contribution >= 0.6 is 0 Å². The number of phenolic OH excluding ortho intramolecular Hbond substituents is 2. The number of rotatable bonds is 1. The van der Waals surface area contributed by atoms with Crippen molar-refractivity contribution in [3.8, 4) is 22.6 Å². The van der Waals surface area contributed by atoms with Crippen molar-refractivity contribution in [3.63, 3.8) is 0 Å². The van der Waals surface area contributed by atoms with E-state index in [1.807, 2.05) is 0 Å². The van der Waals surface area contributed by atoms with E-state index in [0.29, 0.717) is 0 Å². The van der Waals surface area contributed by atoms with Crippen molar-refractivity contribution in [1.29, 1.82) is 0 Å². The number of phenols is 2. The third-order valence-corrected chi connectivity index (χ3v) is 3.62. The zero-order valence-electron chi connectivity index (χ0n) is 12.5. The predicted octanol–water partition coefficient (Wildman–Crippen LogP) is 5.42. The molecule has 0 radical (unpaired) electrons. The van der Waals surface area contributed by atoms with Gasteiger partial charge in [0.2, 0.25) is 0 Å². The van der Waals surface area contributed by atoms with E-state index in [1.54, 1.807) is 0 Å². The van der Waals surface area contributed by atoms with Crippen LogP contribution in [0, 0.1) is 13.8 Å². The summed E-state index contributed by atoms with van der Waals surface area (Å²) in [6.45, 7) is 2.40. The molecule has 0 bridgehead atoms. The summed E-state index contributed by atoms with van der Waals surface area (Å²) in [7, 11) is 0. The Balaban J connectivity index is 2.94. The van der Waals surface area contributed by atoms with E-state index in [9.17, 15) is 36.6 Å². The highest BCUT2D eigenvalue weighted by molar-refractivity contribution is 5.77. The molecule has 0 aliphatic heterocycles. The first kappa shape index (κ1) is 18.0. The molecule has 0 saturated heterocycles. The SMILES string of the molecule is Cc1ccc(-c2ccc(C)c(O)c2C(F)(F)F)c(C(F)(F)F)c1O. The van der Waals surface area contributed by atoms with Gasteiger partial charge >= 0.3 is 12.4 Å². The Bertz CT molecular complexity index is 723. The van der Waals surface area contributed by atoms with Gasteiger partial charge in [-0.3, -0.25) is 0 Å². The van der Waals surface area contributed by atoms with Crippen molar-refractivity contribution in [3.05, 3.63) is 46.5 Å². The second-order valence-electron chi connectivity index (χ2n) is 5.30. The van der Waals surface area contributed by atoms with Crippen LogP contribution in [0.25, 0.3) is 11.1 Å². The first-order valence-electron chi connectivity index (χ1n) is 6.65. The monoisotopic (exact) mass is 350 g/mol. The summed E-state index contributed by atoms with van der Waals surface area (Å²) in [5, 5.41) is 19.5. The standard InChI is InChI=1S/C16H12F6O2/c1-7-3-5-9(11(13(7)23)15(17,18)19)10-6-4-8(2)14(24)12(10)16(20,21)22/h3-6,23-24H,1-2H3. The zero-order chi connectivity index (χ0) is 18.4. The second-order valence-corrected chi connectivity index (χ2v) is 5.30. The van der Waals surface area contributed by atoms with E-state index in [-0.39, 0.29) is 11.1 Å². The molecule has 0 saturated carbocycles. The fraction of sp³-hybridized carbons (Fsp3) is 0.250. The first-order chi connectivity index (χ1) is 10.9. The van der Waals surface area contributed by atoms with Gasteiger partial charge in [0.25, 0.3) is 0 Å². The average Bonchev–Trinajstić information content (AvgIpc) is 2.41. The molecule has 2 N–H and O–H groups in total. The maximum Gasteiger partial charge on any atom is 0.420 e. The molecule has 0 aromatic heterocycles. The van der Waals surface area contributed by atoms with Crippen LogP contribution in [0.2, 0.25) is 0 Å². The molecule has 2 aromatic carbocycles. The zero-order valence-corrected chi connectivity index (χ0v) is 12.5. The van der Waals surface area contributed by atoms with Gasteiger partial charge in [-0.1, -0.05) is 24.3 Å². The van der Waals surface area contributed by atoms with Crippen molar-refractivity contribution in [1.82, 2.24) is 0 Å². The fourth-order valence-electron chi connectivity index (χ4n) is 2.41. The van der Waals surface area contributed by atoms with Crippen molar-refractivity contribution in [2.75, 3.05) is 0 Å². The van der Waals surface area contributed by atoms with Crippen LogP contribution in [0.3, 0.4) is 0 Å².